The first-order valence-electron chi connectivity index (χ1n) is 6.38. The van der Waals surface area contributed by atoms with Gasteiger partial charge < -0.3 is 4.74 Å². The zero-order valence-electron chi connectivity index (χ0n) is 11.9. The van der Waals surface area contributed by atoms with E-state index in [2.05, 4.69) is 9.97 Å². The Kier molecular flexibility index (Phi) is 4.37. The quantitative estimate of drug-likeness (QED) is 0.484. The Labute approximate surface area is 126 Å². The summed E-state index contributed by atoms with van der Waals surface area (Å²) in [5, 5.41) is 11.1. The van der Waals surface area contributed by atoms with Crippen molar-refractivity contribution in [3.8, 4) is 11.6 Å². The molecule has 2 rings (SSSR count). The first kappa shape index (κ1) is 15.2. The average molecular weight is 308 g/mol. The van der Waals surface area contributed by atoms with Crippen LogP contribution in [0.2, 0.25) is 5.15 Å². The molecule has 6 nitrogen and oxygen atoms in total. The molecule has 110 valence electrons. The average Bonchev–Trinajstić information content (AvgIpc) is 2.43. The van der Waals surface area contributed by atoms with Crippen molar-refractivity contribution in [1.82, 2.24) is 9.97 Å². The molecule has 1 aromatic heterocycles. The summed E-state index contributed by atoms with van der Waals surface area (Å²) < 4.78 is 5.69. The Balaban J connectivity index is 2.36. The number of nitro groups is 1. The second-order valence-corrected chi connectivity index (χ2v) is 4.88. The third-order valence-electron chi connectivity index (χ3n) is 2.98. The van der Waals surface area contributed by atoms with E-state index >= 15 is 0 Å². The number of ether oxygens (including phenoxy) is 1. The molecule has 0 radical (unpaired) electrons. The number of hydrogen-bond donors (Lipinski definition) is 0. The third-order valence-corrected chi connectivity index (χ3v) is 3.35. The smallest absolute Gasteiger partial charge is 0.272 e. The Morgan fingerprint density at radius 1 is 1.33 bits per heavy atom. The lowest BCUT2D eigenvalue weighted by Crippen LogP contribution is -2.00. The van der Waals surface area contributed by atoms with E-state index in [0.717, 1.165) is 0 Å². The van der Waals surface area contributed by atoms with Crippen molar-refractivity contribution < 1.29 is 9.66 Å². The zero-order chi connectivity index (χ0) is 15.6. The summed E-state index contributed by atoms with van der Waals surface area (Å²) in [5.74, 6) is 1.41. The molecule has 0 saturated heterocycles. The van der Waals surface area contributed by atoms with Gasteiger partial charge in [0.05, 0.1) is 4.92 Å². The fourth-order valence-electron chi connectivity index (χ4n) is 1.78. The Hall–Kier alpha value is -2.21. The Morgan fingerprint density at radius 2 is 2.05 bits per heavy atom. The van der Waals surface area contributed by atoms with Crippen molar-refractivity contribution in [2.45, 2.75) is 27.2 Å². The molecule has 0 aliphatic carbocycles. The van der Waals surface area contributed by atoms with E-state index in [1.165, 1.54) is 12.1 Å². The molecule has 0 unspecified atom stereocenters. The molecule has 2 aromatic rings. The van der Waals surface area contributed by atoms with Crippen LogP contribution in [0.4, 0.5) is 5.69 Å². The molecule has 0 spiro atoms. The SMILES string of the molecule is CCc1nc(Cl)c(C)c(Oc2ccc([N+](=O)[O-])c(C)c2)n1. The molecular formula is C14H14ClN3O3. The van der Waals surface area contributed by atoms with Gasteiger partial charge in [-0.15, -0.1) is 0 Å². The van der Waals surface area contributed by atoms with Gasteiger partial charge in [0.25, 0.3) is 5.69 Å². The van der Waals surface area contributed by atoms with E-state index in [1.807, 2.05) is 6.92 Å². The lowest BCUT2D eigenvalue weighted by atomic mass is 10.2. The minimum atomic E-state index is -0.429. The van der Waals surface area contributed by atoms with Gasteiger partial charge >= 0.3 is 0 Å². The number of hydrogen-bond acceptors (Lipinski definition) is 5. The standard InChI is InChI=1S/C14H14ClN3O3/c1-4-12-16-13(15)9(3)14(17-12)21-10-5-6-11(18(19)20)8(2)7-10/h5-7H,4H2,1-3H3. The summed E-state index contributed by atoms with van der Waals surface area (Å²) in [4.78, 5) is 18.8. The molecule has 21 heavy (non-hydrogen) atoms. The summed E-state index contributed by atoms with van der Waals surface area (Å²) in [5.41, 5.74) is 1.20. The number of rotatable bonds is 4. The molecule has 1 aromatic carbocycles. The van der Waals surface area contributed by atoms with Gasteiger partial charge in [-0.05, 0) is 26.0 Å². The lowest BCUT2D eigenvalue weighted by Gasteiger charge is -2.10. The Bertz CT molecular complexity index is 704. The van der Waals surface area contributed by atoms with Gasteiger partial charge in [0.1, 0.15) is 16.7 Å². The highest BCUT2D eigenvalue weighted by Gasteiger charge is 2.14. The second kappa shape index (κ2) is 6.05. The minimum Gasteiger partial charge on any atom is -0.439 e. The van der Waals surface area contributed by atoms with Crippen LogP contribution < -0.4 is 4.74 Å². The van der Waals surface area contributed by atoms with Gasteiger partial charge in [0.15, 0.2) is 0 Å². The van der Waals surface area contributed by atoms with Gasteiger partial charge in [0, 0.05) is 23.6 Å². The fraction of sp³-hybridized carbons (Fsp3) is 0.286. The highest BCUT2D eigenvalue weighted by Crippen LogP contribution is 2.29. The van der Waals surface area contributed by atoms with Crippen LogP contribution in [0.3, 0.4) is 0 Å². The van der Waals surface area contributed by atoms with E-state index in [-0.39, 0.29) is 5.69 Å². The normalized spacial score (nSPS) is 10.5. The molecule has 0 saturated carbocycles. The highest BCUT2D eigenvalue weighted by atomic mass is 35.5. The molecule has 1 heterocycles. The molecule has 0 aliphatic rings. The topological polar surface area (TPSA) is 78.2 Å². The van der Waals surface area contributed by atoms with Crippen LogP contribution in [-0.2, 0) is 6.42 Å². The predicted molar refractivity (Wildman–Crippen MR) is 79.1 cm³/mol. The summed E-state index contributed by atoms with van der Waals surface area (Å²) >= 11 is 6.04. The van der Waals surface area contributed by atoms with E-state index in [4.69, 9.17) is 16.3 Å². The summed E-state index contributed by atoms with van der Waals surface area (Å²) in [6.45, 7) is 5.33. The van der Waals surface area contributed by atoms with Crippen molar-refractivity contribution in [3.63, 3.8) is 0 Å². The minimum absolute atomic E-state index is 0.0500. The number of benzene rings is 1. The first-order valence-corrected chi connectivity index (χ1v) is 6.76. The Morgan fingerprint density at radius 3 is 2.62 bits per heavy atom. The van der Waals surface area contributed by atoms with E-state index in [0.29, 0.717) is 40.2 Å². The predicted octanol–water partition coefficient (Wildman–Crippen LogP) is 4.01. The third kappa shape index (κ3) is 3.28. The van der Waals surface area contributed by atoms with Crippen LogP contribution in [0.15, 0.2) is 18.2 Å². The van der Waals surface area contributed by atoms with Crippen molar-refractivity contribution >= 4 is 17.3 Å². The van der Waals surface area contributed by atoms with Crippen LogP contribution in [0.1, 0.15) is 23.9 Å². The van der Waals surface area contributed by atoms with E-state index in [9.17, 15) is 10.1 Å². The molecule has 0 bridgehead atoms. The van der Waals surface area contributed by atoms with Crippen molar-refractivity contribution in [3.05, 3.63) is 50.4 Å². The van der Waals surface area contributed by atoms with Crippen molar-refractivity contribution in [2.75, 3.05) is 0 Å². The molecule has 0 amide bonds. The van der Waals surface area contributed by atoms with Gasteiger partial charge in [-0.2, -0.15) is 4.98 Å². The van der Waals surface area contributed by atoms with Gasteiger partial charge in [-0.3, -0.25) is 10.1 Å². The maximum Gasteiger partial charge on any atom is 0.272 e. The highest BCUT2D eigenvalue weighted by molar-refractivity contribution is 6.30. The molecule has 0 aliphatic heterocycles. The van der Waals surface area contributed by atoms with Crippen molar-refractivity contribution in [1.29, 1.82) is 0 Å². The van der Waals surface area contributed by atoms with E-state index in [1.54, 1.807) is 19.9 Å². The van der Waals surface area contributed by atoms with Crippen molar-refractivity contribution in [2.24, 2.45) is 0 Å². The molecule has 7 heteroatoms. The monoisotopic (exact) mass is 307 g/mol. The molecular weight excluding hydrogens is 294 g/mol. The number of nitro benzene ring substituents is 1. The summed E-state index contributed by atoms with van der Waals surface area (Å²) in [7, 11) is 0. The van der Waals surface area contributed by atoms with Crippen LogP contribution in [0.25, 0.3) is 0 Å². The van der Waals surface area contributed by atoms with Gasteiger partial charge in [0.2, 0.25) is 5.88 Å². The van der Waals surface area contributed by atoms with Gasteiger partial charge in [-0.1, -0.05) is 18.5 Å². The first-order chi connectivity index (χ1) is 9.92. The number of aryl methyl sites for hydroxylation is 2. The number of nitrogens with zero attached hydrogens (tertiary/aromatic N) is 3. The molecule has 0 atom stereocenters. The molecule has 0 N–H and O–H groups in total. The maximum atomic E-state index is 10.8. The second-order valence-electron chi connectivity index (χ2n) is 4.52. The van der Waals surface area contributed by atoms with Crippen LogP contribution in [0, 0.1) is 24.0 Å². The largest absolute Gasteiger partial charge is 0.439 e. The fourth-order valence-corrected chi connectivity index (χ4v) is 1.96. The molecule has 0 fully saturated rings. The number of halogens is 1. The zero-order valence-corrected chi connectivity index (χ0v) is 12.6. The maximum absolute atomic E-state index is 10.8. The number of aromatic nitrogens is 2. The van der Waals surface area contributed by atoms with E-state index < -0.39 is 4.92 Å². The van der Waals surface area contributed by atoms with Gasteiger partial charge in [-0.25, -0.2) is 4.98 Å². The van der Waals surface area contributed by atoms with Crippen LogP contribution in [0.5, 0.6) is 11.6 Å². The lowest BCUT2D eigenvalue weighted by molar-refractivity contribution is -0.385. The summed E-state index contributed by atoms with van der Waals surface area (Å²) in [6.07, 6.45) is 0.635. The summed E-state index contributed by atoms with van der Waals surface area (Å²) in [6, 6.07) is 4.54. The van der Waals surface area contributed by atoms with Crippen LogP contribution in [-0.4, -0.2) is 14.9 Å². The van der Waals surface area contributed by atoms with Crippen LogP contribution >= 0.6 is 11.6 Å².